The van der Waals surface area contributed by atoms with E-state index in [1.165, 1.54) is 6.92 Å². The van der Waals surface area contributed by atoms with Crippen molar-refractivity contribution >= 4 is 29.1 Å². The Morgan fingerprint density at radius 2 is 1.84 bits per heavy atom. The third-order valence-corrected chi connectivity index (χ3v) is 2.23. The molecule has 0 fully saturated rings. The van der Waals surface area contributed by atoms with Crippen molar-refractivity contribution in [3.05, 3.63) is 28.8 Å². The second-order valence-electron chi connectivity index (χ2n) is 3.76. The molecule has 19 heavy (non-hydrogen) atoms. The van der Waals surface area contributed by atoms with Crippen molar-refractivity contribution in [1.29, 1.82) is 0 Å². The van der Waals surface area contributed by atoms with Crippen molar-refractivity contribution in [1.82, 2.24) is 5.32 Å². The van der Waals surface area contributed by atoms with Gasteiger partial charge in [0.2, 0.25) is 0 Å². The van der Waals surface area contributed by atoms with E-state index in [-0.39, 0.29) is 11.6 Å². The van der Waals surface area contributed by atoms with Gasteiger partial charge in [-0.1, -0.05) is 11.6 Å². The first kappa shape index (κ1) is 15.3. The molecule has 1 aromatic rings. The highest BCUT2D eigenvalue weighted by Crippen LogP contribution is 2.23. The second-order valence-corrected chi connectivity index (χ2v) is 4.19. The van der Waals surface area contributed by atoms with Crippen molar-refractivity contribution in [2.24, 2.45) is 0 Å². The van der Waals surface area contributed by atoms with Crippen LogP contribution in [0.1, 0.15) is 6.92 Å². The summed E-state index contributed by atoms with van der Waals surface area (Å²) in [5.41, 5.74) is -0.762. The van der Waals surface area contributed by atoms with Crippen molar-refractivity contribution in [3.8, 4) is 0 Å². The SMILES string of the molecule is CC(O)CNC(=O)C(=O)Nc1c(F)cc(Cl)cc1F. The molecule has 0 saturated carbocycles. The van der Waals surface area contributed by atoms with E-state index in [0.717, 1.165) is 12.1 Å². The third-order valence-electron chi connectivity index (χ3n) is 2.01. The summed E-state index contributed by atoms with van der Waals surface area (Å²) in [5, 5.41) is 12.6. The Morgan fingerprint density at radius 3 is 2.32 bits per heavy atom. The van der Waals surface area contributed by atoms with E-state index < -0.39 is 35.2 Å². The molecule has 1 rings (SSSR count). The molecule has 0 saturated heterocycles. The molecular weight excluding hydrogens is 282 g/mol. The largest absolute Gasteiger partial charge is 0.392 e. The molecule has 0 spiro atoms. The highest BCUT2D eigenvalue weighted by Gasteiger charge is 2.19. The number of halogens is 3. The van der Waals surface area contributed by atoms with Crippen LogP contribution in [0.5, 0.6) is 0 Å². The fraction of sp³-hybridized carbons (Fsp3) is 0.273. The summed E-state index contributed by atoms with van der Waals surface area (Å²) in [4.78, 5) is 22.6. The Hall–Kier alpha value is -1.73. The lowest BCUT2D eigenvalue weighted by Crippen LogP contribution is -2.39. The summed E-state index contributed by atoms with van der Waals surface area (Å²) >= 11 is 5.41. The number of benzene rings is 1. The fourth-order valence-electron chi connectivity index (χ4n) is 1.15. The number of aliphatic hydroxyl groups is 1. The highest BCUT2D eigenvalue weighted by atomic mass is 35.5. The molecule has 0 heterocycles. The molecule has 3 N–H and O–H groups in total. The summed E-state index contributed by atoms with van der Waals surface area (Å²) in [6.45, 7) is 1.24. The van der Waals surface area contributed by atoms with Gasteiger partial charge in [0.1, 0.15) is 5.69 Å². The van der Waals surface area contributed by atoms with Crippen LogP contribution >= 0.6 is 11.6 Å². The smallest absolute Gasteiger partial charge is 0.313 e. The van der Waals surface area contributed by atoms with E-state index in [1.54, 1.807) is 5.32 Å². The number of anilines is 1. The summed E-state index contributed by atoms with van der Waals surface area (Å²) in [6, 6.07) is 1.60. The molecule has 1 unspecified atom stereocenters. The Balaban J connectivity index is 2.75. The first-order valence-electron chi connectivity index (χ1n) is 5.23. The number of aliphatic hydroxyl groups excluding tert-OH is 1. The predicted molar refractivity (Wildman–Crippen MR) is 64.7 cm³/mol. The van der Waals surface area contributed by atoms with Gasteiger partial charge in [-0.25, -0.2) is 8.78 Å². The zero-order valence-corrected chi connectivity index (χ0v) is 10.6. The fourth-order valence-corrected chi connectivity index (χ4v) is 1.34. The van der Waals surface area contributed by atoms with Crippen LogP contribution in [0, 0.1) is 11.6 Å². The van der Waals surface area contributed by atoms with Gasteiger partial charge in [-0.3, -0.25) is 9.59 Å². The maximum absolute atomic E-state index is 13.3. The van der Waals surface area contributed by atoms with Gasteiger partial charge in [-0.15, -0.1) is 0 Å². The number of nitrogens with one attached hydrogen (secondary N) is 2. The van der Waals surface area contributed by atoms with Gasteiger partial charge in [0.15, 0.2) is 11.6 Å². The second kappa shape index (κ2) is 6.44. The number of hydrogen-bond acceptors (Lipinski definition) is 3. The van der Waals surface area contributed by atoms with Crippen molar-refractivity contribution in [2.45, 2.75) is 13.0 Å². The standard InChI is InChI=1S/C11H11ClF2N2O3/c1-5(17)4-15-10(18)11(19)16-9-7(13)2-6(12)3-8(9)14/h2-3,5,17H,4H2,1H3,(H,15,18)(H,16,19). The van der Waals surface area contributed by atoms with E-state index in [1.807, 2.05) is 0 Å². The number of hydrogen-bond donors (Lipinski definition) is 3. The van der Waals surface area contributed by atoms with Gasteiger partial charge >= 0.3 is 11.8 Å². The first-order valence-corrected chi connectivity index (χ1v) is 5.61. The Labute approximate surface area is 112 Å². The molecule has 0 aliphatic carbocycles. The monoisotopic (exact) mass is 292 g/mol. The molecule has 0 aliphatic heterocycles. The minimum Gasteiger partial charge on any atom is -0.392 e. The molecule has 0 radical (unpaired) electrons. The van der Waals surface area contributed by atoms with E-state index in [9.17, 15) is 18.4 Å². The van der Waals surface area contributed by atoms with E-state index in [4.69, 9.17) is 16.7 Å². The van der Waals surface area contributed by atoms with Crippen molar-refractivity contribution in [3.63, 3.8) is 0 Å². The normalized spacial score (nSPS) is 11.8. The lowest BCUT2D eigenvalue weighted by Gasteiger charge is -2.09. The molecular formula is C11H11ClF2N2O3. The van der Waals surface area contributed by atoms with E-state index in [2.05, 4.69) is 5.32 Å². The average Bonchev–Trinajstić information content (AvgIpc) is 2.30. The van der Waals surface area contributed by atoms with Crippen LogP contribution in [0.4, 0.5) is 14.5 Å². The maximum Gasteiger partial charge on any atom is 0.313 e. The Kier molecular flexibility index (Phi) is 5.20. The quantitative estimate of drug-likeness (QED) is 0.729. The van der Waals surface area contributed by atoms with Crippen LogP contribution in [0.25, 0.3) is 0 Å². The zero-order chi connectivity index (χ0) is 14.6. The van der Waals surface area contributed by atoms with Gasteiger partial charge in [-0.05, 0) is 19.1 Å². The molecule has 104 valence electrons. The van der Waals surface area contributed by atoms with Gasteiger partial charge in [-0.2, -0.15) is 0 Å². The number of amides is 2. The molecule has 0 bridgehead atoms. The molecule has 0 aromatic heterocycles. The minimum atomic E-state index is -1.25. The lowest BCUT2D eigenvalue weighted by atomic mass is 10.3. The van der Waals surface area contributed by atoms with Gasteiger partial charge in [0.05, 0.1) is 6.10 Å². The summed E-state index contributed by atoms with van der Waals surface area (Å²) in [5.74, 6) is -4.56. The van der Waals surface area contributed by atoms with Crippen molar-refractivity contribution in [2.75, 3.05) is 11.9 Å². The zero-order valence-electron chi connectivity index (χ0n) is 9.84. The summed E-state index contributed by atoms with van der Waals surface area (Å²) < 4.78 is 26.7. The third kappa shape index (κ3) is 4.46. The average molecular weight is 293 g/mol. The predicted octanol–water partition coefficient (Wildman–Crippen LogP) is 1.05. The highest BCUT2D eigenvalue weighted by molar-refractivity contribution is 6.39. The van der Waals surface area contributed by atoms with E-state index >= 15 is 0 Å². The first-order chi connectivity index (χ1) is 8.81. The van der Waals surface area contributed by atoms with Crippen LogP contribution in [0.2, 0.25) is 5.02 Å². The van der Waals surface area contributed by atoms with Crippen LogP contribution in [-0.2, 0) is 9.59 Å². The topological polar surface area (TPSA) is 78.4 Å². The molecule has 1 atom stereocenters. The van der Waals surface area contributed by atoms with E-state index in [0.29, 0.717) is 0 Å². The maximum atomic E-state index is 13.3. The van der Waals surface area contributed by atoms with Gasteiger partial charge in [0, 0.05) is 11.6 Å². The Bertz CT molecular complexity index is 486. The molecule has 8 heteroatoms. The van der Waals surface area contributed by atoms with Crippen LogP contribution < -0.4 is 10.6 Å². The van der Waals surface area contributed by atoms with Crippen LogP contribution in [0.15, 0.2) is 12.1 Å². The van der Waals surface area contributed by atoms with Crippen molar-refractivity contribution < 1.29 is 23.5 Å². The lowest BCUT2D eigenvalue weighted by molar-refractivity contribution is -0.136. The number of carbonyl (C=O) groups is 2. The molecule has 1 aromatic carbocycles. The summed E-state index contributed by atoms with van der Waals surface area (Å²) in [7, 11) is 0. The molecule has 0 aliphatic rings. The van der Waals surface area contributed by atoms with Gasteiger partial charge < -0.3 is 15.7 Å². The minimum absolute atomic E-state index is 0.155. The van der Waals surface area contributed by atoms with Gasteiger partial charge in [0.25, 0.3) is 0 Å². The number of rotatable bonds is 3. The molecule has 5 nitrogen and oxygen atoms in total. The van der Waals surface area contributed by atoms with Crippen LogP contribution in [0.3, 0.4) is 0 Å². The Morgan fingerprint density at radius 1 is 1.32 bits per heavy atom. The van der Waals surface area contributed by atoms with Crippen LogP contribution in [-0.4, -0.2) is 29.6 Å². The number of carbonyl (C=O) groups excluding carboxylic acids is 2. The molecule has 2 amide bonds. The summed E-state index contributed by atoms with van der Waals surface area (Å²) in [6.07, 6.45) is -0.847.